The van der Waals surface area contributed by atoms with Gasteiger partial charge in [-0.1, -0.05) is 43.3 Å². The summed E-state index contributed by atoms with van der Waals surface area (Å²) in [5, 5.41) is 9.68. The highest BCUT2D eigenvalue weighted by Gasteiger charge is 2.19. The van der Waals surface area contributed by atoms with E-state index < -0.39 is 0 Å². The van der Waals surface area contributed by atoms with Gasteiger partial charge in [0.25, 0.3) is 0 Å². The summed E-state index contributed by atoms with van der Waals surface area (Å²) in [6.45, 7) is 2.12. The molecule has 2 aromatic rings. The monoisotopic (exact) mass is 299 g/mol. The summed E-state index contributed by atoms with van der Waals surface area (Å²) >= 11 is 0. The van der Waals surface area contributed by atoms with E-state index in [0.29, 0.717) is 30.0 Å². The zero-order valence-corrected chi connectivity index (χ0v) is 13.0. The maximum atomic E-state index is 12.4. The molecular formula is C18H21NO3. The number of ether oxygens (including phenoxy) is 1. The van der Waals surface area contributed by atoms with Gasteiger partial charge < -0.3 is 14.7 Å². The average molecular weight is 299 g/mol. The lowest BCUT2D eigenvalue weighted by Crippen LogP contribution is -2.30. The molecule has 0 saturated carbocycles. The molecule has 0 aromatic heterocycles. The highest BCUT2D eigenvalue weighted by Crippen LogP contribution is 2.30. The first kappa shape index (κ1) is 16.0. The molecule has 4 nitrogen and oxygen atoms in total. The summed E-state index contributed by atoms with van der Waals surface area (Å²) in [7, 11) is 1.56. The van der Waals surface area contributed by atoms with Crippen LogP contribution in [0, 0.1) is 0 Å². The Morgan fingerprint density at radius 2 is 1.86 bits per heavy atom. The number of rotatable bonds is 6. The summed E-state index contributed by atoms with van der Waals surface area (Å²) in [5.41, 5.74) is 2.36. The van der Waals surface area contributed by atoms with Gasteiger partial charge in [-0.25, -0.2) is 0 Å². The number of amides is 1. The van der Waals surface area contributed by atoms with E-state index in [2.05, 4.69) is 0 Å². The first-order chi connectivity index (χ1) is 10.7. The van der Waals surface area contributed by atoms with Crippen molar-refractivity contribution in [3.63, 3.8) is 0 Å². The molecule has 1 amide bonds. The van der Waals surface area contributed by atoms with Crippen molar-refractivity contribution in [3.05, 3.63) is 59.7 Å². The Morgan fingerprint density at radius 1 is 1.14 bits per heavy atom. The highest BCUT2D eigenvalue weighted by atomic mass is 16.5. The Morgan fingerprint density at radius 3 is 2.45 bits per heavy atom. The Hall–Kier alpha value is -2.33. The fourth-order valence-corrected chi connectivity index (χ4v) is 2.42. The van der Waals surface area contributed by atoms with Crippen LogP contribution in [0.15, 0.2) is 48.5 Å². The molecule has 1 N–H and O–H groups in total. The largest absolute Gasteiger partial charge is 0.496 e. The molecule has 0 unspecified atom stereocenters. The van der Waals surface area contributed by atoms with Crippen LogP contribution in [-0.4, -0.2) is 18.1 Å². The molecule has 0 aliphatic rings. The van der Waals surface area contributed by atoms with Gasteiger partial charge in [0.1, 0.15) is 5.75 Å². The van der Waals surface area contributed by atoms with Crippen LogP contribution >= 0.6 is 0 Å². The van der Waals surface area contributed by atoms with Gasteiger partial charge in [0.05, 0.1) is 25.9 Å². The number of methoxy groups -OCH3 is 1. The minimum absolute atomic E-state index is 0.00630. The third kappa shape index (κ3) is 3.46. The number of hydrogen-bond donors (Lipinski definition) is 1. The molecule has 0 spiro atoms. The molecule has 0 aliphatic carbocycles. The van der Waals surface area contributed by atoms with Crippen LogP contribution < -0.4 is 9.64 Å². The lowest BCUT2D eigenvalue weighted by molar-refractivity contribution is -0.118. The van der Waals surface area contributed by atoms with Gasteiger partial charge in [-0.15, -0.1) is 0 Å². The van der Waals surface area contributed by atoms with Crippen LogP contribution in [0.5, 0.6) is 5.75 Å². The molecule has 2 rings (SSSR count). The number of hydrogen-bond acceptors (Lipinski definition) is 3. The van der Waals surface area contributed by atoms with Gasteiger partial charge in [-0.05, 0) is 17.7 Å². The van der Waals surface area contributed by atoms with Gasteiger partial charge in [0, 0.05) is 12.0 Å². The van der Waals surface area contributed by atoms with Crippen LogP contribution in [0.3, 0.4) is 0 Å². The number of benzene rings is 2. The fourth-order valence-electron chi connectivity index (χ4n) is 2.42. The van der Waals surface area contributed by atoms with E-state index in [4.69, 9.17) is 4.74 Å². The van der Waals surface area contributed by atoms with E-state index in [1.54, 1.807) is 18.1 Å². The smallest absolute Gasteiger partial charge is 0.227 e. The second-order valence-electron chi connectivity index (χ2n) is 4.94. The summed E-state index contributed by atoms with van der Waals surface area (Å²) < 4.78 is 5.29. The zero-order valence-electron chi connectivity index (χ0n) is 13.0. The Bertz CT molecular complexity index is 625. The van der Waals surface area contributed by atoms with Crippen molar-refractivity contribution in [2.24, 2.45) is 0 Å². The number of aliphatic hydroxyl groups excluding tert-OH is 1. The zero-order chi connectivity index (χ0) is 15.9. The molecule has 4 heteroatoms. The van der Waals surface area contributed by atoms with Crippen LogP contribution in [0.4, 0.5) is 5.69 Å². The predicted molar refractivity (Wildman–Crippen MR) is 86.8 cm³/mol. The van der Waals surface area contributed by atoms with Crippen molar-refractivity contribution in [2.45, 2.75) is 26.5 Å². The van der Waals surface area contributed by atoms with Crippen LogP contribution in [0.2, 0.25) is 0 Å². The molecule has 0 radical (unpaired) electrons. The van der Waals surface area contributed by atoms with E-state index in [1.807, 2.05) is 49.4 Å². The molecule has 0 bridgehead atoms. The number of nitrogens with zero attached hydrogens (tertiary/aromatic N) is 1. The number of anilines is 1. The minimum atomic E-state index is -0.179. The lowest BCUT2D eigenvalue weighted by Gasteiger charge is -2.25. The van der Waals surface area contributed by atoms with Gasteiger partial charge in [0.2, 0.25) is 5.91 Å². The number of aliphatic hydroxyl groups is 1. The molecule has 0 fully saturated rings. The van der Waals surface area contributed by atoms with Gasteiger partial charge in [-0.3, -0.25) is 4.79 Å². The average Bonchev–Trinajstić information content (AvgIpc) is 2.59. The Kier molecular flexibility index (Phi) is 5.55. The predicted octanol–water partition coefficient (Wildman–Crippen LogP) is 3.13. The van der Waals surface area contributed by atoms with Crippen LogP contribution in [0.1, 0.15) is 24.5 Å². The maximum Gasteiger partial charge on any atom is 0.227 e. The van der Waals surface area contributed by atoms with E-state index >= 15 is 0 Å². The molecule has 2 aromatic carbocycles. The molecule has 22 heavy (non-hydrogen) atoms. The van der Waals surface area contributed by atoms with E-state index in [0.717, 1.165) is 5.56 Å². The quantitative estimate of drug-likeness (QED) is 0.891. The number of carbonyl (C=O) groups excluding carboxylic acids is 1. The Labute approximate surface area is 131 Å². The van der Waals surface area contributed by atoms with Crippen molar-refractivity contribution >= 4 is 11.6 Å². The van der Waals surface area contributed by atoms with Crippen LogP contribution in [-0.2, 0) is 17.9 Å². The van der Waals surface area contributed by atoms with Crippen molar-refractivity contribution in [1.29, 1.82) is 0 Å². The summed E-state index contributed by atoms with van der Waals surface area (Å²) in [5.74, 6) is 0.591. The third-order valence-electron chi connectivity index (χ3n) is 3.56. The van der Waals surface area contributed by atoms with E-state index in [-0.39, 0.29) is 12.5 Å². The van der Waals surface area contributed by atoms with Gasteiger partial charge >= 0.3 is 0 Å². The van der Waals surface area contributed by atoms with E-state index in [1.165, 1.54) is 0 Å². The van der Waals surface area contributed by atoms with E-state index in [9.17, 15) is 9.90 Å². The van der Waals surface area contributed by atoms with Gasteiger partial charge in [0.15, 0.2) is 0 Å². The third-order valence-corrected chi connectivity index (χ3v) is 3.56. The molecule has 0 atom stereocenters. The maximum absolute atomic E-state index is 12.4. The molecule has 116 valence electrons. The molecule has 0 aliphatic heterocycles. The first-order valence-electron chi connectivity index (χ1n) is 7.32. The molecule has 0 saturated heterocycles. The number of carbonyl (C=O) groups is 1. The van der Waals surface area contributed by atoms with Gasteiger partial charge in [-0.2, -0.15) is 0 Å². The first-order valence-corrected chi connectivity index (χ1v) is 7.32. The van der Waals surface area contributed by atoms with Crippen molar-refractivity contribution in [2.75, 3.05) is 12.0 Å². The SMILES string of the molecule is CCC(=O)N(Cc1ccccc1)c1cccc(OC)c1CO. The topological polar surface area (TPSA) is 49.8 Å². The second-order valence-corrected chi connectivity index (χ2v) is 4.94. The van der Waals surface area contributed by atoms with Crippen molar-refractivity contribution in [3.8, 4) is 5.75 Å². The standard InChI is InChI=1S/C18H21NO3/c1-3-18(21)19(12-14-8-5-4-6-9-14)16-10-7-11-17(22-2)15(16)13-20/h4-11,20H,3,12-13H2,1-2H3. The molecular weight excluding hydrogens is 278 g/mol. The normalized spacial score (nSPS) is 10.3. The second kappa shape index (κ2) is 7.61. The summed E-state index contributed by atoms with van der Waals surface area (Å²) in [4.78, 5) is 14.1. The lowest BCUT2D eigenvalue weighted by atomic mass is 10.1. The molecule has 0 heterocycles. The summed E-state index contributed by atoms with van der Waals surface area (Å²) in [6, 6.07) is 15.2. The van der Waals surface area contributed by atoms with Crippen LogP contribution in [0.25, 0.3) is 0 Å². The minimum Gasteiger partial charge on any atom is -0.496 e. The highest BCUT2D eigenvalue weighted by molar-refractivity contribution is 5.94. The Balaban J connectivity index is 2.44. The summed E-state index contributed by atoms with van der Waals surface area (Å²) in [6.07, 6.45) is 0.398. The van der Waals surface area contributed by atoms with Crippen molar-refractivity contribution in [1.82, 2.24) is 0 Å². The van der Waals surface area contributed by atoms with Crippen molar-refractivity contribution < 1.29 is 14.6 Å². The fraction of sp³-hybridized carbons (Fsp3) is 0.278.